The highest BCUT2D eigenvalue weighted by Gasteiger charge is 2.20. The van der Waals surface area contributed by atoms with Crippen molar-refractivity contribution in [1.29, 1.82) is 0 Å². The van der Waals surface area contributed by atoms with Crippen LogP contribution in [0.3, 0.4) is 0 Å². The van der Waals surface area contributed by atoms with Crippen molar-refractivity contribution in [3.05, 3.63) is 29.1 Å². The van der Waals surface area contributed by atoms with Gasteiger partial charge in [0.2, 0.25) is 0 Å². The lowest BCUT2D eigenvalue weighted by Gasteiger charge is -2.08. The minimum atomic E-state index is -0.483. The maximum atomic E-state index is 13.8. The maximum Gasteiger partial charge on any atom is 0.254 e. The molecule has 1 aliphatic carbocycles. The van der Waals surface area contributed by atoms with Crippen LogP contribution in [-0.4, -0.2) is 12.5 Å². The Labute approximate surface area is 107 Å². The van der Waals surface area contributed by atoms with E-state index in [0.29, 0.717) is 17.8 Å². The van der Waals surface area contributed by atoms with Crippen molar-refractivity contribution in [3.8, 4) is 0 Å². The average molecular weight is 250 g/mol. The zero-order valence-electron chi connectivity index (χ0n) is 10.6. The van der Waals surface area contributed by atoms with Gasteiger partial charge in [-0.3, -0.25) is 4.79 Å². The molecule has 4 heteroatoms. The van der Waals surface area contributed by atoms with Gasteiger partial charge in [-0.2, -0.15) is 0 Å². The van der Waals surface area contributed by atoms with E-state index in [2.05, 4.69) is 5.32 Å². The van der Waals surface area contributed by atoms with Gasteiger partial charge in [0.15, 0.2) is 0 Å². The Morgan fingerprint density at radius 2 is 2.22 bits per heavy atom. The Balaban J connectivity index is 1.90. The zero-order chi connectivity index (χ0) is 13.1. The number of benzene rings is 1. The number of hydrogen-bond acceptors (Lipinski definition) is 2. The molecule has 0 atom stereocenters. The van der Waals surface area contributed by atoms with E-state index in [-0.39, 0.29) is 11.5 Å². The number of nitrogens with two attached hydrogens (primary N) is 1. The van der Waals surface area contributed by atoms with Crippen molar-refractivity contribution < 1.29 is 9.18 Å². The van der Waals surface area contributed by atoms with Gasteiger partial charge in [-0.25, -0.2) is 4.39 Å². The molecule has 18 heavy (non-hydrogen) atoms. The highest BCUT2D eigenvalue weighted by molar-refractivity contribution is 5.95. The lowest BCUT2D eigenvalue weighted by atomic mass is 10.1. The fourth-order valence-corrected chi connectivity index (χ4v) is 2.06. The first-order valence-electron chi connectivity index (χ1n) is 6.41. The minimum absolute atomic E-state index is 0.0407. The Morgan fingerprint density at radius 1 is 1.50 bits per heavy atom. The van der Waals surface area contributed by atoms with Gasteiger partial charge in [-0.1, -0.05) is 12.8 Å². The van der Waals surface area contributed by atoms with Gasteiger partial charge >= 0.3 is 0 Å². The van der Waals surface area contributed by atoms with Crippen molar-refractivity contribution in [2.75, 3.05) is 12.3 Å². The van der Waals surface area contributed by atoms with Crippen LogP contribution in [0.5, 0.6) is 0 Å². The predicted molar refractivity (Wildman–Crippen MR) is 69.8 cm³/mol. The first-order chi connectivity index (χ1) is 8.58. The van der Waals surface area contributed by atoms with Crippen LogP contribution in [-0.2, 0) is 0 Å². The summed E-state index contributed by atoms with van der Waals surface area (Å²) in [5, 5.41) is 2.74. The molecule has 0 bridgehead atoms. The summed E-state index contributed by atoms with van der Waals surface area (Å²) < 4.78 is 13.8. The van der Waals surface area contributed by atoms with Gasteiger partial charge in [0.05, 0.1) is 5.56 Å². The molecular weight excluding hydrogens is 231 g/mol. The molecule has 1 aromatic carbocycles. The second-order valence-corrected chi connectivity index (χ2v) is 5.04. The third-order valence-corrected chi connectivity index (χ3v) is 3.29. The predicted octanol–water partition coefficient (Wildman–Crippen LogP) is 2.64. The van der Waals surface area contributed by atoms with Crippen LogP contribution < -0.4 is 11.1 Å². The fraction of sp³-hybridized carbons (Fsp3) is 0.500. The van der Waals surface area contributed by atoms with Gasteiger partial charge < -0.3 is 11.1 Å². The van der Waals surface area contributed by atoms with Gasteiger partial charge in [0.25, 0.3) is 5.91 Å². The van der Waals surface area contributed by atoms with E-state index in [0.717, 1.165) is 18.8 Å². The van der Waals surface area contributed by atoms with Crippen LogP contribution in [0.4, 0.5) is 10.1 Å². The molecule has 1 aromatic rings. The molecule has 0 radical (unpaired) electrons. The molecular formula is C14H19FN2O. The third kappa shape index (κ3) is 3.22. The smallest absolute Gasteiger partial charge is 0.254 e. The molecule has 0 spiro atoms. The number of nitrogens with one attached hydrogen (secondary N) is 1. The standard InChI is InChI=1S/C14H19FN2O/c1-9-7-11(16)8-12(13(9)15)14(18)17-6-2-3-10-4-5-10/h7-8,10H,2-6,16H2,1H3,(H,17,18). The average Bonchev–Trinajstić information content (AvgIpc) is 3.13. The number of carbonyl (C=O) groups excluding carboxylic acids is 1. The number of hydrogen-bond donors (Lipinski definition) is 2. The van der Waals surface area contributed by atoms with Gasteiger partial charge in [0.1, 0.15) is 5.82 Å². The summed E-state index contributed by atoms with van der Waals surface area (Å²) in [6.45, 7) is 2.21. The molecule has 0 unspecified atom stereocenters. The molecule has 3 nitrogen and oxygen atoms in total. The molecule has 1 amide bonds. The number of halogens is 1. The number of aryl methyl sites for hydroxylation is 1. The molecule has 0 saturated heterocycles. The summed E-state index contributed by atoms with van der Waals surface area (Å²) in [6, 6.07) is 2.91. The lowest BCUT2D eigenvalue weighted by molar-refractivity contribution is 0.0948. The van der Waals surface area contributed by atoms with Crippen molar-refractivity contribution in [2.45, 2.75) is 32.6 Å². The fourth-order valence-electron chi connectivity index (χ4n) is 2.06. The van der Waals surface area contributed by atoms with E-state index in [4.69, 9.17) is 5.73 Å². The van der Waals surface area contributed by atoms with E-state index >= 15 is 0 Å². The molecule has 98 valence electrons. The number of anilines is 1. The number of carbonyl (C=O) groups is 1. The van der Waals surface area contributed by atoms with E-state index in [1.807, 2.05) is 0 Å². The molecule has 2 rings (SSSR count). The third-order valence-electron chi connectivity index (χ3n) is 3.29. The first-order valence-corrected chi connectivity index (χ1v) is 6.41. The van der Waals surface area contributed by atoms with Crippen molar-refractivity contribution >= 4 is 11.6 Å². The SMILES string of the molecule is Cc1cc(N)cc(C(=O)NCCCC2CC2)c1F. The molecule has 1 fully saturated rings. The van der Waals surface area contributed by atoms with Crippen molar-refractivity contribution in [3.63, 3.8) is 0 Å². The lowest BCUT2D eigenvalue weighted by Crippen LogP contribution is -2.25. The van der Waals surface area contributed by atoms with Gasteiger partial charge in [0, 0.05) is 12.2 Å². The monoisotopic (exact) mass is 250 g/mol. The van der Waals surface area contributed by atoms with Crippen LogP contribution in [0.15, 0.2) is 12.1 Å². The Kier molecular flexibility index (Phi) is 3.84. The summed E-state index contributed by atoms with van der Waals surface area (Å²) >= 11 is 0. The van der Waals surface area contributed by atoms with Crippen LogP contribution in [0.2, 0.25) is 0 Å². The Bertz CT molecular complexity index is 455. The number of nitrogen functional groups attached to an aromatic ring is 1. The summed E-state index contributed by atoms with van der Waals surface area (Å²) in [5.41, 5.74) is 6.48. The molecule has 0 aliphatic heterocycles. The van der Waals surface area contributed by atoms with Crippen LogP contribution in [0, 0.1) is 18.7 Å². The van der Waals surface area contributed by atoms with Crippen molar-refractivity contribution in [1.82, 2.24) is 5.32 Å². The molecule has 0 heterocycles. The maximum absolute atomic E-state index is 13.8. The van der Waals surface area contributed by atoms with Gasteiger partial charge in [-0.05, 0) is 43.4 Å². The van der Waals surface area contributed by atoms with E-state index < -0.39 is 5.82 Å². The summed E-state index contributed by atoms with van der Waals surface area (Å²) in [4.78, 5) is 11.8. The second kappa shape index (κ2) is 5.38. The molecule has 1 aliphatic rings. The normalized spacial score (nSPS) is 14.6. The van der Waals surface area contributed by atoms with Crippen molar-refractivity contribution in [2.24, 2.45) is 5.92 Å². The molecule has 0 aromatic heterocycles. The highest BCUT2D eigenvalue weighted by atomic mass is 19.1. The van der Waals surface area contributed by atoms with Crippen LogP contribution in [0.1, 0.15) is 41.6 Å². The quantitative estimate of drug-likeness (QED) is 0.623. The number of amides is 1. The molecule has 1 saturated carbocycles. The zero-order valence-corrected chi connectivity index (χ0v) is 10.6. The van der Waals surface area contributed by atoms with Gasteiger partial charge in [-0.15, -0.1) is 0 Å². The largest absolute Gasteiger partial charge is 0.399 e. The molecule has 3 N–H and O–H groups in total. The van der Waals surface area contributed by atoms with E-state index in [1.54, 1.807) is 6.92 Å². The Hall–Kier alpha value is -1.58. The summed E-state index contributed by atoms with van der Waals surface area (Å²) in [6.07, 6.45) is 4.74. The highest BCUT2D eigenvalue weighted by Crippen LogP contribution is 2.33. The van der Waals surface area contributed by atoms with E-state index in [1.165, 1.54) is 25.0 Å². The topological polar surface area (TPSA) is 55.1 Å². The van der Waals surface area contributed by atoms with Crippen LogP contribution in [0.25, 0.3) is 0 Å². The van der Waals surface area contributed by atoms with Crippen LogP contribution >= 0.6 is 0 Å². The summed E-state index contributed by atoms with van der Waals surface area (Å²) in [5.74, 6) is -0.00385. The summed E-state index contributed by atoms with van der Waals surface area (Å²) in [7, 11) is 0. The Morgan fingerprint density at radius 3 is 2.89 bits per heavy atom. The van der Waals surface area contributed by atoms with E-state index in [9.17, 15) is 9.18 Å². The first kappa shape index (κ1) is 12.9. The second-order valence-electron chi connectivity index (χ2n) is 5.04. The number of rotatable bonds is 5. The minimum Gasteiger partial charge on any atom is -0.399 e.